The van der Waals surface area contributed by atoms with Crippen LogP contribution in [0.15, 0.2) is 53.0 Å². The molecule has 0 aliphatic carbocycles. The second-order valence-electron chi connectivity index (χ2n) is 5.95. The lowest BCUT2D eigenvalue weighted by molar-refractivity contribution is 0.240. The van der Waals surface area contributed by atoms with Crippen LogP contribution >= 0.6 is 15.9 Å². The summed E-state index contributed by atoms with van der Waals surface area (Å²) < 4.78 is 1.14. The zero-order chi connectivity index (χ0) is 15.4. The Balaban J connectivity index is 2.01. The number of nitrogens with zero attached hydrogens (tertiary/aromatic N) is 1. The van der Waals surface area contributed by atoms with Crippen molar-refractivity contribution in [1.82, 2.24) is 10.2 Å². The van der Waals surface area contributed by atoms with Gasteiger partial charge in [-0.15, -0.1) is 0 Å². The first-order valence-electron chi connectivity index (χ1n) is 8.01. The third-order valence-corrected chi connectivity index (χ3v) is 4.94. The fourth-order valence-corrected chi connectivity index (χ4v) is 3.51. The number of benzene rings is 2. The summed E-state index contributed by atoms with van der Waals surface area (Å²) in [5.74, 6) is 0. The topological polar surface area (TPSA) is 15.3 Å². The summed E-state index contributed by atoms with van der Waals surface area (Å²) >= 11 is 3.55. The highest BCUT2D eigenvalue weighted by Crippen LogP contribution is 2.31. The molecule has 1 atom stereocenters. The van der Waals surface area contributed by atoms with Crippen LogP contribution in [-0.4, -0.2) is 31.1 Å². The largest absolute Gasteiger partial charge is 0.315 e. The number of hydrogen-bond acceptors (Lipinski definition) is 2. The minimum absolute atomic E-state index is 0.342. The molecule has 2 nitrogen and oxygen atoms in total. The van der Waals surface area contributed by atoms with Crippen molar-refractivity contribution in [2.45, 2.75) is 19.4 Å². The minimum atomic E-state index is 0.342. The van der Waals surface area contributed by atoms with E-state index in [1.165, 1.54) is 23.1 Å². The number of rotatable bonds is 3. The molecule has 0 bridgehead atoms. The maximum atomic E-state index is 3.55. The standard InChI is InChI=1S/C19H23BrN2/c1-15-5-2-3-6-18(15)19(16-7-9-17(20)10-8-16)22-13-4-11-21-12-14-22/h2-3,5-10,19,21H,4,11-14H2,1H3. The number of nitrogens with one attached hydrogen (secondary N) is 1. The maximum Gasteiger partial charge on any atom is 0.0604 e. The second-order valence-corrected chi connectivity index (χ2v) is 6.87. The van der Waals surface area contributed by atoms with Crippen molar-refractivity contribution >= 4 is 15.9 Å². The van der Waals surface area contributed by atoms with Gasteiger partial charge >= 0.3 is 0 Å². The Labute approximate surface area is 141 Å². The van der Waals surface area contributed by atoms with Crippen LogP contribution in [0.1, 0.15) is 29.2 Å². The number of halogens is 1. The normalized spacial score (nSPS) is 17.9. The van der Waals surface area contributed by atoms with E-state index in [1.807, 2.05) is 0 Å². The first-order valence-corrected chi connectivity index (χ1v) is 8.81. The van der Waals surface area contributed by atoms with Gasteiger partial charge in [0.2, 0.25) is 0 Å². The molecular formula is C19H23BrN2. The van der Waals surface area contributed by atoms with E-state index in [4.69, 9.17) is 0 Å². The molecule has 3 rings (SSSR count). The molecule has 0 radical (unpaired) electrons. The van der Waals surface area contributed by atoms with Gasteiger partial charge in [0.15, 0.2) is 0 Å². The van der Waals surface area contributed by atoms with Gasteiger partial charge in [0, 0.05) is 24.1 Å². The molecular weight excluding hydrogens is 336 g/mol. The Kier molecular flexibility index (Phi) is 5.29. The van der Waals surface area contributed by atoms with Crippen LogP contribution in [0.2, 0.25) is 0 Å². The van der Waals surface area contributed by atoms with Crippen molar-refractivity contribution in [2.75, 3.05) is 26.2 Å². The van der Waals surface area contributed by atoms with Gasteiger partial charge in [0.25, 0.3) is 0 Å². The van der Waals surface area contributed by atoms with Gasteiger partial charge in [-0.05, 0) is 48.7 Å². The van der Waals surface area contributed by atoms with E-state index in [9.17, 15) is 0 Å². The lowest BCUT2D eigenvalue weighted by Gasteiger charge is -2.32. The second kappa shape index (κ2) is 7.40. The van der Waals surface area contributed by atoms with Gasteiger partial charge in [0.1, 0.15) is 0 Å². The van der Waals surface area contributed by atoms with Crippen LogP contribution in [0.3, 0.4) is 0 Å². The van der Waals surface area contributed by atoms with E-state index in [-0.39, 0.29) is 0 Å². The van der Waals surface area contributed by atoms with Crippen LogP contribution in [-0.2, 0) is 0 Å². The molecule has 2 aromatic carbocycles. The molecule has 1 aliphatic rings. The Morgan fingerprint density at radius 3 is 2.55 bits per heavy atom. The molecule has 0 amide bonds. The predicted molar refractivity (Wildman–Crippen MR) is 96.2 cm³/mol. The summed E-state index contributed by atoms with van der Waals surface area (Å²) in [5.41, 5.74) is 4.17. The van der Waals surface area contributed by atoms with Crippen molar-refractivity contribution in [3.05, 3.63) is 69.7 Å². The smallest absolute Gasteiger partial charge is 0.0604 e. The summed E-state index contributed by atoms with van der Waals surface area (Å²) in [7, 11) is 0. The van der Waals surface area contributed by atoms with E-state index in [2.05, 4.69) is 81.6 Å². The monoisotopic (exact) mass is 358 g/mol. The molecule has 1 heterocycles. The number of aryl methyl sites for hydroxylation is 1. The van der Waals surface area contributed by atoms with Crippen LogP contribution in [0.5, 0.6) is 0 Å². The minimum Gasteiger partial charge on any atom is -0.315 e. The van der Waals surface area contributed by atoms with Gasteiger partial charge in [-0.3, -0.25) is 4.90 Å². The van der Waals surface area contributed by atoms with Crippen molar-refractivity contribution in [3.63, 3.8) is 0 Å². The van der Waals surface area contributed by atoms with Crippen LogP contribution in [0, 0.1) is 6.92 Å². The maximum absolute atomic E-state index is 3.55. The van der Waals surface area contributed by atoms with Gasteiger partial charge in [-0.2, -0.15) is 0 Å². The molecule has 2 aromatic rings. The quantitative estimate of drug-likeness (QED) is 0.886. The Bertz CT molecular complexity index is 601. The number of hydrogen-bond donors (Lipinski definition) is 1. The lowest BCUT2D eigenvalue weighted by Crippen LogP contribution is -2.33. The molecule has 3 heteroatoms. The average Bonchev–Trinajstić information content (AvgIpc) is 2.80. The van der Waals surface area contributed by atoms with Crippen LogP contribution in [0.4, 0.5) is 0 Å². The molecule has 22 heavy (non-hydrogen) atoms. The molecule has 0 aromatic heterocycles. The average molecular weight is 359 g/mol. The van der Waals surface area contributed by atoms with Crippen LogP contribution < -0.4 is 5.32 Å². The molecule has 0 saturated carbocycles. The third-order valence-electron chi connectivity index (χ3n) is 4.41. The van der Waals surface area contributed by atoms with Gasteiger partial charge in [-0.25, -0.2) is 0 Å². The lowest BCUT2D eigenvalue weighted by atomic mass is 9.93. The van der Waals surface area contributed by atoms with Crippen LogP contribution in [0.25, 0.3) is 0 Å². The third kappa shape index (κ3) is 3.60. The zero-order valence-electron chi connectivity index (χ0n) is 13.1. The van der Waals surface area contributed by atoms with E-state index in [0.29, 0.717) is 6.04 Å². The molecule has 1 N–H and O–H groups in total. The van der Waals surface area contributed by atoms with Crippen molar-refractivity contribution in [1.29, 1.82) is 0 Å². The molecule has 1 aliphatic heterocycles. The summed E-state index contributed by atoms with van der Waals surface area (Å²) in [6.07, 6.45) is 1.21. The summed E-state index contributed by atoms with van der Waals surface area (Å²) in [4.78, 5) is 2.62. The van der Waals surface area contributed by atoms with Gasteiger partial charge in [-0.1, -0.05) is 52.3 Å². The van der Waals surface area contributed by atoms with Crippen molar-refractivity contribution < 1.29 is 0 Å². The highest BCUT2D eigenvalue weighted by Gasteiger charge is 2.24. The molecule has 0 spiro atoms. The SMILES string of the molecule is Cc1ccccc1C(c1ccc(Br)cc1)N1CCCNCC1. The van der Waals surface area contributed by atoms with E-state index < -0.39 is 0 Å². The summed E-state index contributed by atoms with van der Waals surface area (Å²) in [5, 5.41) is 3.51. The summed E-state index contributed by atoms with van der Waals surface area (Å²) in [6.45, 7) is 6.64. The van der Waals surface area contributed by atoms with E-state index in [1.54, 1.807) is 0 Å². The van der Waals surface area contributed by atoms with Gasteiger partial charge < -0.3 is 5.32 Å². The Morgan fingerprint density at radius 2 is 1.77 bits per heavy atom. The van der Waals surface area contributed by atoms with E-state index in [0.717, 1.165) is 30.7 Å². The Morgan fingerprint density at radius 1 is 1.00 bits per heavy atom. The highest BCUT2D eigenvalue weighted by atomic mass is 79.9. The first-order chi connectivity index (χ1) is 10.8. The summed E-state index contributed by atoms with van der Waals surface area (Å²) in [6, 6.07) is 17.9. The van der Waals surface area contributed by atoms with Crippen molar-refractivity contribution in [2.24, 2.45) is 0 Å². The van der Waals surface area contributed by atoms with Gasteiger partial charge in [0.05, 0.1) is 6.04 Å². The zero-order valence-corrected chi connectivity index (χ0v) is 14.6. The molecule has 1 fully saturated rings. The highest BCUT2D eigenvalue weighted by molar-refractivity contribution is 9.10. The first kappa shape index (κ1) is 15.7. The molecule has 1 unspecified atom stereocenters. The molecule has 1 saturated heterocycles. The van der Waals surface area contributed by atoms with E-state index >= 15 is 0 Å². The fourth-order valence-electron chi connectivity index (χ4n) is 3.25. The fraction of sp³-hybridized carbons (Fsp3) is 0.368. The predicted octanol–water partition coefficient (Wildman–Crippen LogP) is 4.14. The Hall–Kier alpha value is -1.16. The molecule has 116 valence electrons. The van der Waals surface area contributed by atoms with Crippen molar-refractivity contribution in [3.8, 4) is 0 Å².